The molecule has 1 aliphatic heterocycles. The summed E-state index contributed by atoms with van der Waals surface area (Å²) in [6.45, 7) is 1.91. The van der Waals surface area contributed by atoms with Crippen molar-refractivity contribution in [2.24, 2.45) is 0 Å². The van der Waals surface area contributed by atoms with Crippen LogP contribution in [0.25, 0.3) is 10.1 Å². The van der Waals surface area contributed by atoms with E-state index in [-0.39, 0.29) is 11.9 Å². The summed E-state index contributed by atoms with van der Waals surface area (Å²) in [5.41, 5.74) is 6.73. The van der Waals surface area contributed by atoms with Gasteiger partial charge in [-0.05, 0) is 38.1 Å². The van der Waals surface area contributed by atoms with Crippen LogP contribution in [0.1, 0.15) is 22.5 Å². The standard InChI is InChI=1S/C14H16BrN3OS/c15-9-2-1-3-10-11(9)12(16)13(20-10)14(19)18-8-4-6-17-7-5-8/h1-3,8,17H,4-7,16H2,(H,18,19). The Morgan fingerprint density at radius 3 is 2.85 bits per heavy atom. The molecule has 1 saturated heterocycles. The maximum Gasteiger partial charge on any atom is 0.263 e. The Morgan fingerprint density at radius 1 is 1.40 bits per heavy atom. The van der Waals surface area contributed by atoms with Crippen LogP contribution in [-0.2, 0) is 0 Å². The number of anilines is 1. The third-order valence-electron chi connectivity index (χ3n) is 3.58. The lowest BCUT2D eigenvalue weighted by Gasteiger charge is -2.23. The zero-order chi connectivity index (χ0) is 14.1. The Balaban J connectivity index is 1.87. The van der Waals surface area contributed by atoms with Gasteiger partial charge in [0.15, 0.2) is 0 Å². The van der Waals surface area contributed by atoms with Gasteiger partial charge < -0.3 is 16.4 Å². The fraction of sp³-hybridized carbons (Fsp3) is 0.357. The quantitative estimate of drug-likeness (QED) is 0.777. The average Bonchev–Trinajstić information content (AvgIpc) is 2.79. The zero-order valence-corrected chi connectivity index (χ0v) is 13.3. The Bertz CT molecular complexity index is 649. The number of amides is 1. The first-order chi connectivity index (χ1) is 9.66. The number of nitrogens with two attached hydrogens (primary N) is 1. The highest BCUT2D eigenvalue weighted by molar-refractivity contribution is 9.10. The highest BCUT2D eigenvalue weighted by Crippen LogP contribution is 2.38. The normalized spacial score (nSPS) is 16.4. The molecule has 1 amide bonds. The molecule has 0 saturated carbocycles. The molecule has 6 heteroatoms. The van der Waals surface area contributed by atoms with Gasteiger partial charge in [-0.3, -0.25) is 4.79 Å². The van der Waals surface area contributed by atoms with E-state index in [1.165, 1.54) is 11.3 Å². The van der Waals surface area contributed by atoms with Crippen molar-refractivity contribution in [3.05, 3.63) is 27.5 Å². The molecule has 1 aromatic heterocycles. The van der Waals surface area contributed by atoms with E-state index < -0.39 is 0 Å². The van der Waals surface area contributed by atoms with Crippen LogP contribution in [0.4, 0.5) is 5.69 Å². The highest BCUT2D eigenvalue weighted by atomic mass is 79.9. The maximum absolute atomic E-state index is 12.4. The van der Waals surface area contributed by atoms with E-state index in [4.69, 9.17) is 5.73 Å². The number of hydrogen-bond acceptors (Lipinski definition) is 4. The van der Waals surface area contributed by atoms with Gasteiger partial charge in [-0.15, -0.1) is 11.3 Å². The van der Waals surface area contributed by atoms with Gasteiger partial charge in [0.05, 0.1) is 5.69 Å². The molecular formula is C14H16BrN3OS. The molecule has 4 N–H and O–H groups in total. The largest absolute Gasteiger partial charge is 0.397 e. The molecule has 0 aliphatic carbocycles. The molecule has 0 bridgehead atoms. The molecule has 106 valence electrons. The predicted molar refractivity (Wildman–Crippen MR) is 87.3 cm³/mol. The van der Waals surface area contributed by atoms with Gasteiger partial charge in [-0.1, -0.05) is 22.0 Å². The second-order valence-electron chi connectivity index (χ2n) is 4.96. The monoisotopic (exact) mass is 353 g/mol. The SMILES string of the molecule is Nc1c(C(=O)NC2CCNCC2)sc2cccc(Br)c12. The van der Waals surface area contributed by atoms with Crippen molar-refractivity contribution >= 4 is 48.9 Å². The summed E-state index contributed by atoms with van der Waals surface area (Å²) in [6, 6.07) is 6.14. The molecule has 20 heavy (non-hydrogen) atoms. The molecular weight excluding hydrogens is 338 g/mol. The Labute approximate surface area is 129 Å². The molecule has 1 aliphatic rings. The van der Waals surface area contributed by atoms with E-state index in [1.807, 2.05) is 18.2 Å². The first-order valence-corrected chi connectivity index (χ1v) is 8.26. The number of nitrogen functional groups attached to an aromatic ring is 1. The maximum atomic E-state index is 12.4. The molecule has 0 atom stereocenters. The third kappa shape index (κ3) is 2.55. The van der Waals surface area contributed by atoms with Crippen LogP contribution in [0.5, 0.6) is 0 Å². The molecule has 0 unspecified atom stereocenters. The number of nitrogens with one attached hydrogen (secondary N) is 2. The second kappa shape index (κ2) is 5.71. The summed E-state index contributed by atoms with van der Waals surface area (Å²) in [5.74, 6) is -0.0532. The van der Waals surface area contributed by atoms with Crippen LogP contribution in [0.2, 0.25) is 0 Å². The van der Waals surface area contributed by atoms with Crippen molar-refractivity contribution < 1.29 is 4.79 Å². The minimum Gasteiger partial charge on any atom is -0.397 e. The third-order valence-corrected chi connectivity index (χ3v) is 5.41. The van der Waals surface area contributed by atoms with Crippen molar-refractivity contribution in [3.8, 4) is 0 Å². The number of piperidine rings is 1. The van der Waals surface area contributed by atoms with Crippen LogP contribution in [0, 0.1) is 0 Å². The molecule has 3 rings (SSSR count). The van der Waals surface area contributed by atoms with Crippen molar-refractivity contribution in [2.45, 2.75) is 18.9 Å². The van der Waals surface area contributed by atoms with Crippen molar-refractivity contribution in [2.75, 3.05) is 18.8 Å². The molecule has 0 radical (unpaired) electrons. The van der Waals surface area contributed by atoms with Crippen molar-refractivity contribution in [3.63, 3.8) is 0 Å². The van der Waals surface area contributed by atoms with Gasteiger partial charge in [0.1, 0.15) is 4.88 Å². The van der Waals surface area contributed by atoms with Gasteiger partial charge in [-0.25, -0.2) is 0 Å². The van der Waals surface area contributed by atoms with Crippen LogP contribution >= 0.6 is 27.3 Å². The second-order valence-corrected chi connectivity index (χ2v) is 6.86. The number of rotatable bonds is 2. The first kappa shape index (κ1) is 13.9. The van der Waals surface area contributed by atoms with E-state index in [9.17, 15) is 4.79 Å². The molecule has 4 nitrogen and oxygen atoms in total. The first-order valence-electron chi connectivity index (χ1n) is 6.65. The number of carbonyl (C=O) groups excluding carboxylic acids is 1. The van der Waals surface area contributed by atoms with E-state index >= 15 is 0 Å². The van der Waals surface area contributed by atoms with Gasteiger partial charge in [-0.2, -0.15) is 0 Å². The summed E-state index contributed by atoms with van der Waals surface area (Å²) in [7, 11) is 0. The minimum absolute atomic E-state index is 0.0532. The number of fused-ring (bicyclic) bond motifs is 1. The van der Waals surface area contributed by atoms with Crippen LogP contribution < -0.4 is 16.4 Å². The summed E-state index contributed by atoms with van der Waals surface area (Å²) >= 11 is 4.95. The number of halogens is 1. The summed E-state index contributed by atoms with van der Waals surface area (Å²) in [5, 5.41) is 7.32. The van der Waals surface area contributed by atoms with E-state index in [0.29, 0.717) is 10.6 Å². The zero-order valence-electron chi connectivity index (χ0n) is 10.9. The number of thiophene rings is 1. The van der Waals surface area contributed by atoms with E-state index in [1.54, 1.807) is 0 Å². The highest BCUT2D eigenvalue weighted by Gasteiger charge is 2.21. The number of hydrogen-bond donors (Lipinski definition) is 3. The van der Waals surface area contributed by atoms with Crippen LogP contribution in [0.15, 0.2) is 22.7 Å². The van der Waals surface area contributed by atoms with Gasteiger partial charge in [0.2, 0.25) is 0 Å². The number of carbonyl (C=O) groups is 1. The Hall–Kier alpha value is -1.11. The van der Waals surface area contributed by atoms with Gasteiger partial charge in [0, 0.05) is 20.6 Å². The smallest absolute Gasteiger partial charge is 0.263 e. The van der Waals surface area contributed by atoms with E-state index in [2.05, 4.69) is 26.6 Å². The molecule has 1 fully saturated rings. The Kier molecular flexibility index (Phi) is 3.96. The van der Waals surface area contributed by atoms with Crippen LogP contribution in [-0.4, -0.2) is 25.0 Å². The Morgan fingerprint density at radius 2 is 2.15 bits per heavy atom. The van der Waals surface area contributed by atoms with Gasteiger partial charge in [0.25, 0.3) is 5.91 Å². The van der Waals surface area contributed by atoms with Crippen molar-refractivity contribution in [1.29, 1.82) is 0 Å². The van der Waals surface area contributed by atoms with Crippen LogP contribution in [0.3, 0.4) is 0 Å². The molecule has 0 spiro atoms. The molecule has 2 aromatic rings. The molecule has 2 heterocycles. The summed E-state index contributed by atoms with van der Waals surface area (Å²) < 4.78 is 1.97. The fourth-order valence-electron chi connectivity index (χ4n) is 2.52. The average molecular weight is 354 g/mol. The fourth-order valence-corrected chi connectivity index (χ4v) is 4.28. The number of benzene rings is 1. The summed E-state index contributed by atoms with van der Waals surface area (Å²) in [6.07, 6.45) is 1.94. The van der Waals surface area contributed by atoms with Crippen molar-refractivity contribution in [1.82, 2.24) is 10.6 Å². The lowest BCUT2D eigenvalue weighted by atomic mass is 10.1. The molecule has 1 aromatic carbocycles. The lowest BCUT2D eigenvalue weighted by molar-refractivity contribution is 0.0934. The minimum atomic E-state index is -0.0532. The van der Waals surface area contributed by atoms with Gasteiger partial charge >= 0.3 is 0 Å². The predicted octanol–water partition coefficient (Wildman–Crippen LogP) is 2.73. The lowest BCUT2D eigenvalue weighted by Crippen LogP contribution is -2.42. The topological polar surface area (TPSA) is 67.2 Å². The summed E-state index contributed by atoms with van der Waals surface area (Å²) in [4.78, 5) is 13.0. The van der Waals surface area contributed by atoms with E-state index in [0.717, 1.165) is 40.5 Å².